The SMILES string of the molecule is CCC(NC)C(=O)S. The Morgan fingerprint density at radius 1 is 1.88 bits per heavy atom. The molecule has 8 heavy (non-hydrogen) atoms. The van der Waals surface area contributed by atoms with E-state index in [0.29, 0.717) is 0 Å². The number of carbonyl (C=O) groups excluding carboxylic acids is 1. The molecule has 0 rings (SSSR count). The van der Waals surface area contributed by atoms with Crippen LogP contribution >= 0.6 is 12.6 Å². The van der Waals surface area contributed by atoms with Crippen molar-refractivity contribution in [1.82, 2.24) is 5.32 Å². The van der Waals surface area contributed by atoms with Crippen molar-refractivity contribution < 1.29 is 4.79 Å². The molecular weight excluding hydrogens is 122 g/mol. The van der Waals surface area contributed by atoms with Gasteiger partial charge in [-0.05, 0) is 13.5 Å². The van der Waals surface area contributed by atoms with Crippen molar-refractivity contribution in [2.24, 2.45) is 0 Å². The van der Waals surface area contributed by atoms with Gasteiger partial charge in [-0.1, -0.05) is 6.92 Å². The zero-order valence-electron chi connectivity index (χ0n) is 5.14. The maximum Gasteiger partial charge on any atom is 0.202 e. The molecule has 0 aromatic carbocycles. The van der Waals surface area contributed by atoms with Crippen LogP contribution in [-0.2, 0) is 4.79 Å². The van der Waals surface area contributed by atoms with Crippen LogP contribution in [0.4, 0.5) is 0 Å². The maximum absolute atomic E-state index is 10.4. The highest BCUT2D eigenvalue weighted by atomic mass is 32.1. The van der Waals surface area contributed by atoms with Gasteiger partial charge in [0.15, 0.2) is 0 Å². The molecule has 0 aliphatic carbocycles. The van der Waals surface area contributed by atoms with Crippen LogP contribution in [0.5, 0.6) is 0 Å². The first-order valence-electron chi connectivity index (χ1n) is 2.62. The molecule has 3 heteroatoms. The standard InChI is InChI=1S/C5H11NOS/c1-3-4(6-2)5(7)8/h4,6H,3H2,1-2H3,(H,7,8). The summed E-state index contributed by atoms with van der Waals surface area (Å²) in [6.07, 6.45) is 0.804. The van der Waals surface area contributed by atoms with Crippen molar-refractivity contribution in [3.05, 3.63) is 0 Å². The lowest BCUT2D eigenvalue weighted by molar-refractivity contribution is -0.112. The van der Waals surface area contributed by atoms with Crippen LogP contribution in [0.15, 0.2) is 0 Å². The lowest BCUT2D eigenvalue weighted by Crippen LogP contribution is -2.29. The second-order valence-electron chi connectivity index (χ2n) is 1.59. The summed E-state index contributed by atoms with van der Waals surface area (Å²) in [6.45, 7) is 1.94. The van der Waals surface area contributed by atoms with E-state index in [1.807, 2.05) is 6.92 Å². The van der Waals surface area contributed by atoms with Crippen molar-refractivity contribution >= 4 is 17.7 Å². The molecule has 0 fully saturated rings. The molecule has 0 spiro atoms. The fourth-order valence-electron chi connectivity index (χ4n) is 0.502. The first-order chi connectivity index (χ1) is 3.72. The molecule has 0 aromatic heterocycles. The number of thiol groups is 1. The molecule has 2 nitrogen and oxygen atoms in total. The zero-order chi connectivity index (χ0) is 6.57. The Morgan fingerprint density at radius 2 is 2.38 bits per heavy atom. The third-order valence-electron chi connectivity index (χ3n) is 1.05. The Hall–Kier alpha value is -0.0200. The minimum Gasteiger partial charge on any atom is -0.310 e. The quantitative estimate of drug-likeness (QED) is 0.547. The monoisotopic (exact) mass is 133 g/mol. The number of hydrogen-bond acceptors (Lipinski definition) is 2. The van der Waals surface area contributed by atoms with Crippen molar-refractivity contribution in [2.75, 3.05) is 7.05 Å². The molecule has 0 radical (unpaired) electrons. The summed E-state index contributed by atoms with van der Waals surface area (Å²) < 4.78 is 0. The Balaban J connectivity index is 3.52. The van der Waals surface area contributed by atoms with Crippen LogP contribution in [0.2, 0.25) is 0 Å². The van der Waals surface area contributed by atoms with E-state index < -0.39 is 0 Å². The fourth-order valence-corrected chi connectivity index (χ4v) is 0.814. The highest BCUT2D eigenvalue weighted by Gasteiger charge is 2.07. The lowest BCUT2D eigenvalue weighted by Gasteiger charge is -2.06. The minimum absolute atomic E-state index is 0.0710. The van der Waals surface area contributed by atoms with Gasteiger partial charge in [0.25, 0.3) is 0 Å². The van der Waals surface area contributed by atoms with E-state index in [2.05, 4.69) is 17.9 Å². The molecule has 0 aromatic rings. The Labute approximate surface area is 55.1 Å². The van der Waals surface area contributed by atoms with E-state index in [0.717, 1.165) is 6.42 Å². The van der Waals surface area contributed by atoms with E-state index in [-0.39, 0.29) is 11.2 Å². The van der Waals surface area contributed by atoms with E-state index in [1.165, 1.54) is 0 Å². The number of likely N-dealkylation sites (N-methyl/N-ethyl adjacent to an activating group) is 1. The number of nitrogens with one attached hydrogen (secondary N) is 1. The fraction of sp³-hybridized carbons (Fsp3) is 0.800. The van der Waals surface area contributed by atoms with Crippen LogP contribution in [0.1, 0.15) is 13.3 Å². The van der Waals surface area contributed by atoms with Gasteiger partial charge >= 0.3 is 0 Å². The smallest absolute Gasteiger partial charge is 0.202 e. The molecule has 0 saturated heterocycles. The summed E-state index contributed by atoms with van der Waals surface area (Å²) in [5, 5.41) is 2.74. The van der Waals surface area contributed by atoms with Gasteiger partial charge in [-0.25, -0.2) is 0 Å². The summed E-state index contributed by atoms with van der Waals surface area (Å²) in [6, 6.07) is -0.0710. The largest absolute Gasteiger partial charge is 0.310 e. The van der Waals surface area contributed by atoms with Gasteiger partial charge in [-0.2, -0.15) is 0 Å². The molecule has 48 valence electrons. The topological polar surface area (TPSA) is 29.1 Å². The molecule has 0 amide bonds. The molecule has 1 N–H and O–H groups in total. The molecule has 0 aliphatic heterocycles. The molecule has 0 aliphatic rings. The number of rotatable bonds is 3. The minimum atomic E-state index is -0.0880. The predicted molar refractivity (Wildman–Crippen MR) is 37.1 cm³/mol. The van der Waals surface area contributed by atoms with Crippen LogP contribution < -0.4 is 5.32 Å². The van der Waals surface area contributed by atoms with Crippen LogP contribution in [-0.4, -0.2) is 18.2 Å². The molecule has 0 saturated carbocycles. The van der Waals surface area contributed by atoms with E-state index >= 15 is 0 Å². The molecule has 0 heterocycles. The third kappa shape index (κ3) is 2.33. The van der Waals surface area contributed by atoms with Gasteiger partial charge < -0.3 is 5.32 Å². The summed E-state index contributed by atoms with van der Waals surface area (Å²) >= 11 is 3.65. The Morgan fingerprint density at radius 3 is 2.38 bits per heavy atom. The van der Waals surface area contributed by atoms with Crippen LogP contribution in [0, 0.1) is 0 Å². The normalized spacial score (nSPS) is 13.4. The molecule has 1 atom stereocenters. The van der Waals surface area contributed by atoms with E-state index in [4.69, 9.17) is 0 Å². The van der Waals surface area contributed by atoms with E-state index in [9.17, 15) is 4.79 Å². The third-order valence-corrected chi connectivity index (χ3v) is 1.37. The van der Waals surface area contributed by atoms with Crippen molar-refractivity contribution in [1.29, 1.82) is 0 Å². The van der Waals surface area contributed by atoms with Gasteiger partial charge in [-0.15, -0.1) is 12.6 Å². The molecule has 0 bridgehead atoms. The second kappa shape index (κ2) is 3.92. The highest BCUT2D eigenvalue weighted by Crippen LogP contribution is 1.93. The van der Waals surface area contributed by atoms with Crippen molar-refractivity contribution in [3.8, 4) is 0 Å². The summed E-state index contributed by atoms with van der Waals surface area (Å²) in [4.78, 5) is 10.4. The molecular formula is C5H11NOS. The molecule has 1 unspecified atom stereocenters. The summed E-state index contributed by atoms with van der Waals surface area (Å²) in [5.41, 5.74) is 0. The summed E-state index contributed by atoms with van der Waals surface area (Å²) in [5.74, 6) is 0. The van der Waals surface area contributed by atoms with Gasteiger partial charge in [-0.3, -0.25) is 4.79 Å². The van der Waals surface area contributed by atoms with Crippen LogP contribution in [0.3, 0.4) is 0 Å². The van der Waals surface area contributed by atoms with Crippen molar-refractivity contribution in [3.63, 3.8) is 0 Å². The van der Waals surface area contributed by atoms with Crippen LogP contribution in [0.25, 0.3) is 0 Å². The maximum atomic E-state index is 10.4. The summed E-state index contributed by atoms with van der Waals surface area (Å²) in [7, 11) is 1.75. The highest BCUT2D eigenvalue weighted by molar-refractivity contribution is 7.96. The van der Waals surface area contributed by atoms with Gasteiger partial charge in [0.05, 0.1) is 6.04 Å². The first kappa shape index (κ1) is 7.98. The Bertz CT molecular complexity index is 80.5. The first-order valence-corrected chi connectivity index (χ1v) is 3.07. The van der Waals surface area contributed by atoms with Gasteiger partial charge in [0, 0.05) is 0 Å². The second-order valence-corrected chi connectivity index (χ2v) is 2.03. The predicted octanol–water partition coefficient (Wildman–Crippen LogP) is 0.441. The van der Waals surface area contributed by atoms with E-state index in [1.54, 1.807) is 7.05 Å². The lowest BCUT2D eigenvalue weighted by atomic mass is 10.2. The van der Waals surface area contributed by atoms with Gasteiger partial charge in [0.1, 0.15) is 0 Å². The number of carbonyl (C=O) groups is 1. The Kier molecular flexibility index (Phi) is 3.91. The number of hydrogen-bond donors (Lipinski definition) is 2. The average molecular weight is 133 g/mol. The average Bonchev–Trinajstić information content (AvgIpc) is 1.69. The zero-order valence-corrected chi connectivity index (χ0v) is 6.03. The van der Waals surface area contributed by atoms with Gasteiger partial charge in [0.2, 0.25) is 5.12 Å². The van der Waals surface area contributed by atoms with Crippen molar-refractivity contribution in [2.45, 2.75) is 19.4 Å².